The van der Waals surface area contributed by atoms with E-state index in [1.807, 2.05) is 20.9 Å². The number of carbonyl (C=O) groups is 1. The van der Waals surface area contributed by atoms with Crippen LogP contribution in [0.15, 0.2) is 29.2 Å². The van der Waals surface area contributed by atoms with E-state index < -0.39 is 9.84 Å². The van der Waals surface area contributed by atoms with Crippen molar-refractivity contribution < 1.29 is 13.2 Å². The monoisotopic (exact) mass is 324 g/mol. The highest BCUT2D eigenvalue weighted by Gasteiger charge is 2.30. The van der Waals surface area contributed by atoms with Gasteiger partial charge in [-0.3, -0.25) is 4.79 Å². The first kappa shape index (κ1) is 17.0. The molecule has 1 fully saturated rings. The van der Waals surface area contributed by atoms with Crippen LogP contribution in [0.1, 0.15) is 30.6 Å². The van der Waals surface area contributed by atoms with Gasteiger partial charge in [0.05, 0.1) is 16.2 Å². The molecule has 0 aromatic heterocycles. The van der Waals surface area contributed by atoms with Crippen LogP contribution in [0.2, 0.25) is 0 Å². The lowest BCUT2D eigenvalue weighted by Gasteiger charge is -2.38. The Labute approximate surface area is 132 Å². The third-order valence-corrected chi connectivity index (χ3v) is 5.99. The SMILES string of the molecule is CCCS(=O)(=O)c1ccccc1C(=O)N1CCN(C)C[C@H]1C. The molecule has 1 aromatic carbocycles. The summed E-state index contributed by atoms with van der Waals surface area (Å²) in [6.07, 6.45) is 0.537. The highest BCUT2D eigenvalue weighted by atomic mass is 32.2. The zero-order valence-electron chi connectivity index (χ0n) is 13.4. The van der Waals surface area contributed by atoms with Crippen LogP contribution in [0.25, 0.3) is 0 Å². The Morgan fingerprint density at radius 1 is 1.27 bits per heavy atom. The molecule has 5 nitrogen and oxygen atoms in total. The molecular formula is C16H24N2O3S. The standard InChI is InChI=1S/C16H24N2O3S/c1-4-11-22(20,21)15-8-6-5-7-14(15)16(19)18-10-9-17(3)12-13(18)2/h5-8,13H,4,9-12H2,1-3H3/t13-/m1/s1. The van der Waals surface area contributed by atoms with Crippen LogP contribution >= 0.6 is 0 Å². The average molecular weight is 324 g/mol. The van der Waals surface area contributed by atoms with Crippen molar-refractivity contribution in [2.45, 2.75) is 31.2 Å². The number of hydrogen-bond donors (Lipinski definition) is 0. The van der Waals surface area contributed by atoms with E-state index in [4.69, 9.17) is 0 Å². The summed E-state index contributed by atoms with van der Waals surface area (Å²) in [5.74, 6) is -0.119. The van der Waals surface area contributed by atoms with Gasteiger partial charge >= 0.3 is 0 Å². The fraction of sp³-hybridized carbons (Fsp3) is 0.562. The number of amides is 1. The summed E-state index contributed by atoms with van der Waals surface area (Å²) in [4.78, 5) is 16.9. The molecule has 0 unspecified atom stereocenters. The minimum absolute atomic E-state index is 0.0651. The van der Waals surface area contributed by atoms with Gasteiger partial charge in [0.15, 0.2) is 9.84 Å². The van der Waals surface area contributed by atoms with E-state index in [-0.39, 0.29) is 22.6 Å². The molecule has 1 aliphatic rings. The number of nitrogens with zero attached hydrogens (tertiary/aromatic N) is 2. The molecule has 1 heterocycles. The van der Waals surface area contributed by atoms with Crippen LogP contribution < -0.4 is 0 Å². The van der Waals surface area contributed by atoms with Gasteiger partial charge in [-0.25, -0.2) is 8.42 Å². The summed E-state index contributed by atoms with van der Waals surface area (Å²) < 4.78 is 24.8. The Balaban J connectivity index is 2.35. The number of rotatable bonds is 4. The van der Waals surface area contributed by atoms with Crippen LogP contribution in [-0.2, 0) is 9.84 Å². The Kier molecular flexibility index (Phi) is 5.24. The van der Waals surface area contributed by atoms with Gasteiger partial charge in [-0.1, -0.05) is 19.1 Å². The van der Waals surface area contributed by atoms with Crippen molar-refractivity contribution >= 4 is 15.7 Å². The van der Waals surface area contributed by atoms with Crippen molar-refractivity contribution in [1.29, 1.82) is 0 Å². The van der Waals surface area contributed by atoms with Gasteiger partial charge < -0.3 is 9.80 Å². The van der Waals surface area contributed by atoms with E-state index in [2.05, 4.69) is 4.90 Å². The summed E-state index contributed by atoms with van der Waals surface area (Å²) in [6, 6.07) is 6.63. The van der Waals surface area contributed by atoms with Gasteiger partial charge in [-0.15, -0.1) is 0 Å². The Hall–Kier alpha value is -1.40. The third kappa shape index (κ3) is 3.50. The van der Waals surface area contributed by atoms with Crippen molar-refractivity contribution in [1.82, 2.24) is 9.80 Å². The highest BCUT2D eigenvalue weighted by molar-refractivity contribution is 7.91. The van der Waals surface area contributed by atoms with Crippen molar-refractivity contribution in [3.05, 3.63) is 29.8 Å². The molecule has 0 spiro atoms. The minimum atomic E-state index is -3.41. The summed E-state index contributed by atoms with van der Waals surface area (Å²) >= 11 is 0. The molecule has 6 heteroatoms. The molecule has 0 saturated carbocycles. The van der Waals surface area contributed by atoms with Gasteiger partial charge in [-0.05, 0) is 32.5 Å². The molecule has 0 aliphatic carbocycles. The Bertz CT molecular complexity index is 643. The highest BCUT2D eigenvalue weighted by Crippen LogP contribution is 2.21. The van der Waals surface area contributed by atoms with Crippen molar-refractivity contribution in [3.8, 4) is 0 Å². The fourth-order valence-electron chi connectivity index (χ4n) is 2.89. The van der Waals surface area contributed by atoms with Gasteiger partial charge in [0, 0.05) is 25.7 Å². The van der Waals surface area contributed by atoms with Gasteiger partial charge in [-0.2, -0.15) is 0 Å². The maximum Gasteiger partial charge on any atom is 0.255 e. The number of benzene rings is 1. The van der Waals surface area contributed by atoms with E-state index in [9.17, 15) is 13.2 Å². The van der Waals surface area contributed by atoms with Crippen LogP contribution in [-0.4, -0.2) is 62.6 Å². The quantitative estimate of drug-likeness (QED) is 0.845. The van der Waals surface area contributed by atoms with Crippen molar-refractivity contribution in [2.75, 3.05) is 32.4 Å². The van der Waals surface area contributed by atoms with Gasteiger partial charge in [0.25, 0.3) is 5.91 Å². The lowest BCUT2D eigenvalue weighted by atomic mass is 10.1. The number of piperazine rings is 1. The maximum absolute atomic E-state index is 12.8. The first-order valence-corrected chi connectivity index (χ1v) is 9.33. The number of likely N-dealkylation sites (N-methyl/N-ethyl adjacent to an activating group) is 1. The van der Waals surface area contributed by atoms with E-state index in [1.54, 1.807) is 29.2 Å². The lowest BCUT2D eigenvalue weighted by Crippen LogP contribution is -2.52. The van der Waals surface area contributed by atoms with E-state index in [1.165, 1.54) is 0 Å². The van der Waals surface area contributed by atoms with E-state index in [0.717, 1.165) is 13.1 Å². The first-order chi connectivity index (χ1) is 10.4. The van der Waals surface area contributed by atoms with Crippen LogP contribution in [0, 0.1) is 0 Å². The second kappa shape index (κ2) is 6.79. The van der Waals surface area contributed by atoms with Crippen LogP contribution in [0.5, 0.6) is 0 Å². The van der Waals surface area contributed by atoms with E-state index >= 15 is 0 Å². The maximum atomic E-state index is 12.8. The summed E-state index contributed by atoms with van der Waals surface area (Å²) in [5, 5.41) is 0. The summed E-state index contributed by atoms with van der Waals surface area (Å²) in [7, 11) is -1.39. The molecule has 0 radical (unpaired) electrons. The molecule has 22 heavy (non-hydrogen) atoms. The molecule has 1 saturated heterocycles. The molecule has 0 bridgehead atoms. The molecule has 1 aromatic rings. The number of carbonyl (C=O) groups excluding carboxylic acids is 1. The Morgan fingerprint density at radius 3 is 2.59 bits per heavy atom. The third-order valence-electron chi connectivity index (χ3n) is 4.02. The van der Waals surface area contributed by atoms with Crippen LogP contribution in [0.3, 0.4) is 0 Å². The second-order valence-electron chi connectivity index (χ2n) is 5.92. The summed E-state index contributed by atoms with van der Waals surface area (Å²) in [6.45, 7) is 6.05. The molecular weight excluding hydrogens is 300 g/mol. The zero-order chi connectivity index (χ0) is 16.3. The minimum Gasteiger partial charge on any atom is -0.333 e. The smallest absolute Gasteiger partial charge is 0.255 e. The number of sulfone groups is 1. The lowest BCUT2D eigenvalue weighted by molar-refractivity contribution is 0.0530. The predicted molar refractivity (Wildman–Crippen MR) is 86.8 cm³/mol. The summed E-state index contributed by atoms with van der Waals surface area (Å²) in [5.41, 5.74) is 0.298. The van der Waals surface area contributed by atoms with Crippen molar-refractivity contribution in [3.63, 3.8) is 0 Å². The molecule has 1 amide bonds. The molecule has 1 atom stereocenters. The molecule has 1 aliphatic heterocycles. The Morgan fingerprint density at radius 2 is 1.95 bits per heavy atom. The first-order valence-electron chi connectivity index (χ1n) is 7.68. The fourth-order valence-corrected chi connectivity index (χ4v) is 4.42. The average Bonchev–Trinajstić information content (AvgIpc) is 2.46. The second-order valence-corrected chi connectivity index (χ2v) is 8.00. The zero-order valence-corrected chi connectivity index (χ0v) is 14.3. The van der Waals surface area contributed by atoms with Crippen molar-refractivity contribution in [2.24, 2.45) is 0 Å². The molecule has 0 N–H and O–H groups in total. The number of hydrogen-bond acceptors (Lipinski definition) is 4. The topological polar surface area (TPSA) is 57.7 Å². The molecule has 2 rings (SSSR count). The van der Waals surface area contributed by atoms with E-state index in [0.29, 0.717) is 18.5 Å². The largest absolute Gasteiger partial charge is 0.333 e. The van der Waals surface area contributed by atoms with Gasteiger partial charge in [0.2, 0.25) is 0 Å². The molecule has 122 valence electrons. The van der Waals surface area contributed by atoms with Gasteiger partial charge in [0.1, 0.15) is 0 Å². The predicted octanol–water partition coefficient (Wildman–Crippen LogP) is 1.65. The normalized spacial score (nSPS) is 20.1. The van der Waals surface area contributed by atoms with Crippen LogP contribution in [0.4, 0.5) is 0 Å².